The third kappa shape index (κ3) is 1.95. The van der Waals surface area contributed by atoms with Gasteiger partial charge in [-0.05, 0) is 24.2 Å². The zero-order valence-corrected chi connectivity index (χ0v) is 13.7. The number of likely N-dealkylation sites (N-methyl/N-ethyl adjacent to an activating group) is 1. The number of hydrogen-bond acceptors (Lipinski definition) is 2. The minimum absolute atomic E-state index is 0. The maximum atomic E-state index is 12.7. The van der Waals surface area contributed by atoms with Crippen molar-refractivity contribution in [3.8, 4) is 0 Å². The Kier molecular flexibility index (Phi) is 3.57. The Labute approximate surface area is 141 Å². The highest BCUT2D eigenvalue weighted by atomic mass is 35.5. The topological polar surface area (TPSA) is 35.7 Å². The van der Waals surface area contributed by atoms with E-state index in [2.05, 4.69) is 11.2 Å². The standard InChI is InChI=1S/C18H16N3O.ClH/c1-13-12-18(21(19-13)14-8-4-3-5-9-14)16-11-7-6-10-15(16)17(22)20(18)2;/h3-12H,1-2H3;1H/q+1;/p-1. The summed E-state index contributed by atoms with van der Waals surface area (Å²) in [5.74, 6) is 0.0256. The van der Waals surface area contributed by atoms with E-state index in [-0.39, 0.29) is 18.3 Å². The summed E-state index contributed by atoms with van der Waals surface area (Å²) >= 11 is 0. The molecule has 23 heavy (non-hydrogen) atoms. The summed E-state index contributed by atoms with van der Waals surface area (Å²) in [7, 11) is 1.84. The molecule has 2 aromatic carbocycles. The van der Waals surface area contributed by atoms with Gasteiger partial charge >= 0.3 is 5.66 Å². The van der Waals surface area contributed by atoms with E-state index in [0.29, 0.717) is 0 Å². The minimum Gasteiger partial charge on any atom is -1.00 e. The molecule has 2 aromatic rings. The lowest BCUT2D eigenvalue weighted by Crippen LogP contribution is -3.00. The Morgan fingerprint density at radius 3 is 2.43 bits per heavy atom. The van der Waals surface area contributed by atoms with Crippen LogP contribution in [0.15, 0.2) is 71.5 Å². The molecule has 5 heteroatoms. The van der Waals surface area contributed by atoms with E-state index in [4.69, 9.17) is 0 Å². The van der Waals surface area contributed by atoms with Gasteiger partial charge in [0.1, 0.15) is 5.70 Å². The Balaban J connectivity index is 0.00000156. The molecule has 0 saturated carbocycles. The summed E-state index contributed by atoms with van der Waals surface area (Å²) in [4.78, 5) is 14.4. The Morgan fingerprint density at radius 2 is 1.70 bits per heavy atom. The predicted octanol–water partition coefficient (Wildman–Crippen LogP) is 0.643. The molecular formula is C18H16ClN3O. The highest BCUT2D eigenvalue weighted by molar-refractivity contribution is 6.00. The molecule has 0 fully saturated rings. The number of fused-ring (bicyclic) bond motifs is 2. The number of nitrogens with zero attached hydrogens (tertiary/aromatic N) is 3. The maximum Gasteiger partial charge on any atom is 0.320 e. The molecule has 4 rings (SSSR count). The number of para-hydroxylation sites is 1. The smallest absolute Gasteiger partial charge is 0.320 e. The Bertz CT molecular complexity index is 844. The van der Waals surface area contributed by atoms with Crippen molar-refractivity contribution in [2.75, 3.05) is 7.05 Å². The fraction of sp³-hybridized carbons (Fsp3) is 0.167. The summed E-state index contributed by atoms with van der Waals surface area (Å²) in [5.41, 5.74) is 2.92. The van der Waals surface area contributed by atoms with Crippen LogP contribution in [0.25, 0.3) is 0 Å². The first-order valence-corrected chi connectivity index (χ1v) is 7.28. The number of benzene rings is 2. The zero-order chi connectivity index (χ0) is 15.3. The number of amides is 1. The van der Waals surface area contributed by atoms with Crippen molar-refractivity contribution >= 4 is 11.6 Å². The second-order valence-corrected chi connectivity index (χ2v) is 5.67. The molecule has 0 aromatic heterocycles. The molecule has 4 nitrogen and oxygen atoms in total. The van der Waals surface area contributed by atoms with Crippen molar-refractivity contribution in [3.05, 3.63) is 77.5 Å². The molecule has 0 bridgehead atoms. The van der Waals surface area contributed by atoms with Crippen LogP contribution in [-0.4, -0.2) is 22.6 Å². The van der Waals surface area contributed by atoms with Crippen LogP contribution < -0.4 is 12.4 Å². The number of allylic oxidation sites excluding steroid dienone is 1. The highest BCUT2D eigenvalue weighted by Gasteiger charge is 2.59. The number of rotatable bonds is 1. The first kappa shape index (κ1) is 15.4. The van der Waals surface area contributed by atoms with E-state index >= 15 is 0 Å². The van der Waals surface area contributed by atoms with E-state index in [9.17, 15) is 4.79 Å². The molecule has 1 amide bonds. The number of halogens is 1. The lowest BCUT2D eigenvalue weighted by Gasteiger charge is -2.25. The molecule has 0 N–H and O–H groups in total. The normalized spacial score (nSPS) is 21.8. The van der Waals surface area contributed by atoms with Crippen LogP contribution >= 0.6 is 0 Å². The molecule has 2 aliphatic rings. The molecule has 0 radical (unpaired) electrons. The van der Waals surface area contributed by atoms with Crippen molar-refractivity contribution in [1.29, 1.82) is 0 Å². The van der Waals surface area contributed by atoms with Gasteiger partial charge in [0.2, 0.25) is 5.69 Å². The summed E-state index contributed by atoms with van der Waals surface area (Å²) in [6, 6.07) is 17.7. The minimum atomic E-state index is -0.668. The van der Waals surface area contributed by atoms with E-state index in [1.54, 1.807) is 4.90 Å². The zero-order valence-electron chi connectivity index (χ0n) is 12.9. The van der Waals surface area contributed by atoms with Gasteiger partial charge in [-0.15, -0.1) is 0 Å². The van der Waals surface area contributed by atoms with Gasteiger partial charge in [0, 0.05) is 25.3 Å². The molecular weight excluding hydrogens is 310 g/mol. The average Bonchev–Trinajstić information content (AvgIpc) is 3.01. The van der Waals surface area contributed by atoms with Crippen LogP contribution in [0.3, 0.4) is 0 Å². The van der Waals surface area contributed by atoms with Crippen molar-refractivity contribution in [2.24, 2.45) is 5.11 Å². The van der Waals surface area contributed by atoms with Crippen molar-refractivity contribution in [2.45, 2.75) is 12.6 Å². The lowest BCUT2D eigenvalue weighted by atomic mass is 9.97. The fourth-order valence-electron chi connectivity index (χ4n) is 3.38. The SMILES string of the molecule is CC1=CC2(c3ccccc3C(=O)N2C)[N+](c2ccccc2)=N1.[Cl-]. The monoisotopic (exact) mass is 325 g/mol. The van der Waals surface area contributed by atoms with Gasteiger partial charge in [-0.25, -0.2) is 0 Å². The van der Waals surface area contributed by atoms with E-state index in [0.717, 1.165) is 22.5 Å². The van der Waals surface area contributed by atoms with Crippen molar-refractivity contribution in [3.63, 3.8) is 0 Å². The van der Waals surface area contributed by atoms with Gasteiger partial charge in [-0.1, -0.05) is 35.0 Å². The van der Waals surface area contributed by atoms with Crippen molar-refractivity contribution < 1.29 is 21.9 Å². The van der Waals surface area contributed by atoms with Crippen LogP contribution in [0.1, 0.15) is 22.8 Å². The van der Waals surface area contributed by atoms with Crippen LogP contribution in [-0.2, 0) is 5.66 Å². The fourth-order valence-corrected chi connectivity index (χ4v) is 3.38. The number of carbonyl (C=O) groups is 1. The summed E-state index contributed by atoms with van der Waals surface area (Å²) in [6.07, 6.45) is 2.06. The molecule has 1 spiro atoms. The molecule has 0 aliphatic carbocycles. The largest absolute Gasteiger partial charge is 1.00 e. The van der Waals surface area contributed by atoms with Gasteiger partial charge < -0.3 is 12.4 Å². The third-order valence-electron chi connectivity index (χ3n) is 4.36. The summed E-state index contributed by atoms with van der Waals surface area (Å²) < 4.78 is 1.94. The summed E-state index contributed by atoms with van der Waals surface area (Å²) in [5, 5.41) is 4.68. The Morgan fingerprint density at radius 1 is 1.04 bits per heavy atom. The molecule has 116 valence electrons. The van der Waals surface area contributed by atoms with Gasteiger partial charge in [-0.3, -0.25) is 9.69 Å². The number of azo groups is 2. The van der Waals surface area contributed by atoms with Gasteiger partial charge in [-0.2, -0.15) is 0 Å². The van der Waals surface area contributed by atoms with E-state index in [1.807, 2.05) is 73.3 Å². The van der Waals surface area contributed by atoms with Gasteiger partial charge in [0.15, 0.2) is 0 Å². The number of hydrogen-bond donors (Lipinski definition) is 0. The first-order valence-electron chi connectivity index (χ1n) is 7.28. The summed E-state index contributed by atoms with van der Waals surface area (Å²) in [6.45, 7) is 1.96. The van der Waals surface area contributed by atoms with Crippen LogP contribution in [0.4, 0.5) is 5.69 Å². The van der Waals surface area contributed by atoms with Crippen LogP contribution in [0.5, 0.6) is 0 Å². The van der Waals surface area contributed by atoms with Crippen LogP contribution in [0.2, 0.25) is 0 Å². The lowest BCUT2D eigenvalue weighted by molar-refractivity contribution is -0.604. The van der Waals surface area contributed by atoms with Crippen molar-refractivity contribution in [1.82, 2.24) is 4.90 Å². The second kappa shape index (κ2) is 5.32. The highest BCUT2D eigenvalue weighted by Crippen LogP contribution is 2.46. The van der Waals surface area contributed by atoms with E-state index in [1.165, 1.54) is 0 Å². The van der Waals surface area contributed by atoms with Gasteiger partial charge in [0.25, 0.3) is 5.91 Å². The predicted molar refractivity (Wildman–Crippen MR) is 82.8 cm³/mol. The molecule has 2 heterocycles. The van der Waals surface area contributed by atoms with E-state index < -0.39 is 5.66 Å². The maximum absolute atomic E-state index is 12.7. The average molecular weight is 326 g/mol. The second-order valence-electron chi connectivity index (χ2n) is 5.67. The van der Waals surface area contributed by atoms with Gasteiger partial charge in [0.05, 0.1) is 11.1 Å². The van der Waals surface area contributed by atoms with Crippen LogP contribution in [0, 0.1) is 0 Å². The molecule has 1 atom stereocenters. The quantitative estimate of drug-likeness (QED) is 0.709. The first-order chi connectivity index (χ1) is 10.6. The molecule has 2 aliphatic heterocycles. The Hall–Kier alpha value is -2.46. The molecule has 1 unspecified atom stereocenters. The number of carbonyl (C=O) groups excluding carboxylic acids is 1. The molecule has 0 saturated heterocycles. The third-order valence-corrected chi connectivity index (χ3v) is 4.36.